The predicted molar refractivity (Wildman–Crippen MR) is 72.7 cm³/mol. The van der Waals surface area contributed by atoms with Gasteiger partial charge in [0, 0.05) is 31.4 Å². The summed E-state index contributed by atoms with van der Waals surface area (Å²) in [6, 6.07) is 3.56. The van der Waals surface area contributed by atoms with E-state index in [4.69, 9.17) is 5.11 Å². The number of carboxylic acids is 1. The van der Waals surface area contributed by atoms with Gasteiger partial charge in [-0.1, -0.05) is 0 Å². The van der Waals surface area contributed by atoms with Crippen LogP contribution in [-0.4, -0.2) is 48.7 Å². The second kappa shape index (κ2) is 5.55. The zero-order valence-electron chi connectivity index (χ0n) is 11.8. The van der Waals surface area contributed by atoms with Gasteiger partial charge in [-0.3, -0.25) is 0 Å². The van der Waals surface area contributed by atoms with Gasteiger partial charge in [-0.25, -0.2) is 4.79 Å². The predicted octanol–water partition coefficient (Wildman–Crippen LogP) is 2.54. The lowest BCUT2D eigenvalue weighted by Crippen LogP contribution is -2.50. The minimum Gasteiger partial charge on any atom is -0.478 e. The molecule has 1 aromatic rings. The van der Waals surface area contributed by atoms with Crippen LogP contribution >= 0.6 is 0 Å². The van der Waals surface area contributed by atoms with Crippen molar-refractivity contribution in [1.82, 2.24) is 4.90 Å². The van der Waals surface area contributed by atoms with Gasteiger partial charge < -0.3 is 14.9 Å². The quantitative estimate of drug-likeness (QED) is 0.912. The van der Waals surface area contributed by atoms with E-state index in [2.05, 4.69) is 4.90 Å². The third-order valence-corrected chi connectivity index (χ3v) is 3.86. The summed E-state index contributed by atoms with van der Waals surface area (Å²) in [7, 11) is 1.98. The first-order chi connectivity index (χ1) is 9.70. The summed E-state index contributed by atoms with van der Waals surface area (Å²) in [6.45, 7) is 4.12. The summed E-state index contributed by atoms with van der Waals surface area (Å²) in [4.78, 5) is 15.2. The molecule has 0 aromatic heterocycles. The van der Waals surface area contributed by atoms with Crippen LogP contribution < -0.4 is 4.90 Å². The minimum atomic E-state index is -4.67. The smallest absolute Gasteiger partial charge is 0.417 e. The van der Waals surface area contributed by atoms with E-state index in [0.29, 0.717) is 18.8 Å². The van der Waals surface area contributed by atoms with Gasteiger partial charge in [0.05, 0.1) is 11.1 Å². The van der Waals surface area contributed by atoms with Crippen molar-refractivity contribution in [3.8, 4) is 0 Å². The molecule has 116 valence electrons. The number of carbonyl (C=O) groups is 1. The van der Waals surface area contributed by atoms with Crippen molar-refractivity contribution in [2.45, 2.75) is 19.1 Å². The molecule has 1 fully saturated rings. The summed E-state index contributed by atoms with van der Waals surface area (Å²) in [5, 5.41) is 9.02. The monoisotopic (exact) mass is 302 g/mol. The van der Waals surface area contributed by atoms with Gasteiger partial charge >= 0.3 is 12.1 Å². The van der Waals surface area contributed by atoms with Crippen LogP contribution in [0.15, 0.2) is 18.2 Å². The van der Waals surface area contributed by atoms with Gasteiger partial charge in [0.1, 0.15) is 0 Å². The van der Waals surface area contributed by atoms with Crippen molar-refractivity contribution < 1.29 is 23.1 Å². The third-order valence-electron chi connectivity index (χ3n) is 3.86. The molecule has 0 radical (unpaired) electrons. The van der Waals surface area contributed by atoms with Crippen LogP contribution in [0, 0.1) is 0 Å². The lowest BCUT2D eigenvalue weighted by molar-refractivity contribution is -0.138. The molecular weight excluding hydrogens is 285 g/mol. The number of alkyl halides is 3. The van der Waals surface area contributed by atoms with Gasteiger partial charge in [-0.15, -0.1) is 0 Å². The first-order valence-electron chi connectivity index (χ1n) is 6.60. The van der Waals surface area contributed by atoms with Crippen molar-refractivity contribution in [2.75, 3.05) is 31.6 Å². The molecule has 2 rings (SSSR count). The molecule has 7 heteroatoms. The molecule has 0 aliphatic carbocycles. The molecule has 0 saturated carbocycles. The number of rotatable bonds is 2. The van der Waals surface area contributed by atoms with Crippen molar-refractivity contribution in [3.05, 3.63) is 29.3 Å². The molecular formula is C14H17F3N2O2. The Labute approximate surface area is 120 Å². The standard InChI is InChI=1S/C14H17F3N2O2/c1-9-8-19(6-5-18(9)2)10-3-4-12(14(15,16)17)11(7-10)13(20)21/h3-4,7,9H,5-6,8H2,1-2H3,(H,20,21). The van der Waals surface area contributed by atoms with Crippen LogP contribution in [0.25, 0.3) is 0 Å². The van der Waals surface area contributed by atoms with E-state index in [1.54, 1.807) is 0 Å². The van der Waals surface area contributed by atoms with E-state index >= 15 is 0 Å². The number of anilines is 1. The SMILES string of the molecule is CC1CN(c2ccc(C(F)(F)F)c(C(=O)O)c2)CCN1C. The van der Waals surface area contributed by atoms with Gasteiger partial charge in [0.2, 0.25) is 0 Å². The van der Waals surface area contributed by atoms with Gasteiger partial charge in [0.15, 0.2) is 0 Å². The molecule has 21 heavy (non-hydrogen) atoms. The first kappa shape index (κ1) is 15.6. The van der Waals surface area contributed by atoms with Crippen LogP contribution in [-0.2, 0) is 6.18 Å². The van der Waals surface area contributed by atoms with E-state index < -0.39 is 23.3 Å². The summed E-state index contributed by atoms with van der Waals surface area (Å²) in [5.41, 5.74) is -1.30. The molecule has 1 atom stereocenters. The fourth-order valence-electron chi connectivity index (χ4n) is 2.44. The number of benzene rings is 1. The second-order valence-corrected chi connectivity index (χ2v) is 5.31. The molecule has 1 saturated heterocycles. The highest BCUT2D eigenvalue weighted by Gasteiger charge is 2.35. The van der Waals surface area contributed by atoms with E-state index in [1.165, 1.54) is 6.07 Å². The van der Waals surface area contributed by atoms with E-state index in [0.717, 1.165) is 18.7 Å². The largest absolute Gasteiger partial charge is 0.478 e. The topological polar surface area (TPSA) is 43.8 Å². The minimum absolute atomic E-state index is 0.259. The zero-order valence-corrected chi connectivity index (χ0v) is 11.8. The number of aromatic carboxylic acids is 1. The number of carboxylic acid groups (broad SMARTS) is 1. The number of piperazine rings is 1. The number of hydrogen-bond acceptors (Lipinski definition) is 3. The van der Waals surface area contributed by atoms with E-state index in [-0.39, 0.29) is 6.04 Å². The van der Waals surface area contributed by atoms with Gasteiger partial charge in [0.25, 0.3) is 0 Å². The normalized spacial score (nSPS) is 20.6. The summed E-state index contributed by atoms with van der Waals surface area (Å²) >= 11 is 0. The first-order valence-corrected chi connectivity index (χ1v) is 6.60. The lowest BCUT2D eigenvalue weighted by atomic mass is 10.0. The number of likely N-dealkylation sites (N-methyl/N-ethyl adjacent to an activating group) is 1. The Bertz CT molecular complexity index is 546. The Kier molecular flexibility index (Phi) is 4.13. The molecule has 1 unspecified atom stereocenters. The molecule has 0 amide bonds. The number of hydrogen-bond donors (Lipinski definition) is 1. The summed E-state index contributed by atoms with van der Waals surface area (Å²) in [5.74, 6) is -1.56. The molecule has 1 aliphatic heterocycles. The number of nitrogens with zero attached hydrogens (tertiary/aromatic N) is 2. The van der Waals surface area contributed by atoms with Crippen molar-refractivity contribution in [1.29, 1.82) is 0 Å². The molecule has 4 nitrogen and oxygen atoms in total. The van der Waals surface area contributed by atoms with Crippen LogP contribution in [0.1, 0.15) is 22.8 Å². The van der Waals surface area contributed by atoms with E-state index in [9.17, 15) is 18.0 Å². The number of halogens is 3. The molecule has 0 spiro atoms. The highest BCUT2D eigenvalue weighted by atomic mass is 19.4. The average Bonchev–Trinajstić information content (AvgIpc) is 2.40. The van der Waals surface area contributed by atoms with Crippen LogP contribution in [0.4, 0.5) is 18.9 Å². The van der Waals surface area contributed by atoms with Crippen molar-refractivity contribution in [3.63, 3.8) is 0 Å². The third kappa shape index (κ3) is 3.29. The van der Waals surface area contributed by atoms with Crippen molar-refractivity contribution >= 4 is 11.7 Å². The maximum atomic E-state index is 12.8. The van der Waals surface area contributed by atoms with Crippen LogP contribution in [0.3, 0.4) is 0 Å². The fraction of sp³-hybridized carbons (Fsp3) is 0.500. The molecule has 1 aromatic carbocycles. The Hall–Kier alpha value is -1.76. The van der Waals surface area contributed by atoms with Gasteiger partial charge in [-0.2, -0.15) is 13.2 Å². The average molecular weight is 302 g/mol. The highest BCUT2D eigenvalue weighted by molar-refractivity contribution is 5.91. The van der Waals surface area contributed by atoms with E-state index in [1.807, 2.05) is 18.9 Å². The molecule has 0 bridgehead atoms. The Balaban J connectivity index is 2.35. The highest BCUT2D eigenvalue weighted by Crippen LogP contribution is 2.34. The zero-order chi connectivity index (χ0) is 15.8. The molecule has 1 aliphatic rings. The Morgan fingerprint density at radius 3 is 2.52 bits per heavy atom. The maximum Gasteiger partial charge on any atom is 0.417 e. The fourth-order valence-corrected chi connectivity index (χ4v) is 2.44. The van der Waals surface area contributed by atoms with Gasteiger partial charge in [-0.05, 0) is 32.2 Å². The van der Waals surface area contributed by atoms with Crippen LogP contribution in [0.5, 0.6) is 0 Å². The molecule has 1 heterocycles. The maximum absolute atomic E-state index is 12.8. The molecule has 1 N–H and O–H groups in total. The lowest BCUT2D eigenvalue weighted by Gasteiger charge is -2.39. The van der Waals surface area contributed by atoms with Crippen LogP contribution in [0.2, 0.25) is 0 Å². The van der Waals surface area contributed by atoms with Crippen molar-refractivity contribution in [2.24, 2.45) is 0 Å². The summed E-state index contributed by atoms with van der Waals surface area (Å²) in [6.07, 6.45) is -4.67. The summed E-state index contributed by atoms with van der Waals surface area (Å²) < 4.78 is 38.4. The Morgan fingerprint density at radius 2 is 2.00 bits per heavy atom. The second-order valence-electron chi connectivity index (χ2n) is 5.31. The Morgan fingerprint density at radius 1 is 1.33 bits per heavy atom.